The molecule has 0 bridgehead atoms. The number of hydrogen-bond acceptors (Lipinski definition) is 5. The van der Waals surface area contributed by atoms with Crippen LogP contribution in [-0.2, 0) is 20.7 Å². The van der Waals surface area contributed by atoms with Crippen LogP contribution in [0.1, 0.15) is 11.1 Å². The van der Waals surface area contributed by atoms with Crippen molar-refractivity contribution in [1.29, 1.82) is 0 Å². The molecule has 0 spiro atoms. The highest BCUT2D eigenvalue weighted by Crippen LogP contribution is 2.13. The molecule has 2 aromatic rings. The molecule has 0 saturated heterocycles. The van der Waals surface area contributed by atoms with Gasteiger partial charge in [0.2, 0.25) is 5.91 Å². The summed E-state index contributed by atoms with van der Waals surface area (Å²) in [6.45, 7) is 2.59. The Bertz CT molecular complexity index is 767. The van der Waals surface area contributed by atoms with Gasteiger partial charge in [-0.05, 0) is 43.2 Å². The number of carbonyl (C=O) groups is 2. The van der Waals surface area contributed by atoms with E-state index in [2.05, 4.69) is 10.6 Å². The average molecular weight is 422 g/mol. The molecular formula is C21H28ClN3O4. The van der Waals surface area contributed by atoms with E-state index in [1.165, 1.54) is 7.11 Å². The van der Waals surface area contributed by atoms with E-state index in [0.717, 1.165) is 16.8 Å². The zero-order chi connectivity index (χ0) is 20.4. The third-order valence-electron chi connectivity index (χ3n) is 4.02. The van der Waals surface area contributed by atoms with E-state index in [1.54, 1.807) is 12.1 Å². The molecule has 2 aromatic carbocycles. The smallest absolute Gasteiger partial charge is 0.262 e. The minimum atomic E-state index is -0.660. The maximum Gasteiger partial charge on any atom is 0.262 e. The summed E-state index contributed by atoms with van der Waals surface area (Å²) in [5.41, 5.74) is 8.56. The van der Waals surface area contributed by atoms with Crippen molar-refractivity contribution in [3.63, 3.8) is 0 Å². The van der Waals surface area contributed by atoms with E-state index in [4.69, 9.17) is 15.2 Å². The minimum absolute atomic E-state index is 0. The fourth-order valence-electron chi connectivity index (χ4n) is 2.45. The van der Waals surface area contributed by atoms with Gasteiger partial charge in [-0.15, -0.1) is 12.4 Å². The second kappa shape index (κ2) is 12.8. The number of nitrogens with two attached hydrogens (primary N) is 1. The van der Waals surface area contributed by atoms with Crippen LogP contribution in [0.4, 0.5) is 5.69 Å². The predicted octanol–water partition coefficient (Wildman–Crippen LogP) is 2.07. The Morgan fingerprint density at radius 3 is 2.34 bits per heavy atom. The van der Waals surface area contributed by atoms with Crippen molar-refractivity contribution in [1.82, 2.24) is 5.32 Å². The molecule has 1 unspecified atom stereocenters. The van der Waals surface area contributed by atoms with Crippen molar-refractivity contribution >= 4 is 29.9 Å². The van der Waals surface area contributed by atoms with Crippen molar-refractivity contribution in [3.8, 4) is 5.75 Å². The maximum atomic E-state index is 11.9. The second-order valence-corrected chi connectivity index (χ2v) is 6.45. The summed E-state index contributed by atoms with van der Waals surface area (Å²) >= 11 is 0. The fraction of sp³-hybridized carbons (Fsp3) is 0.333. The Labute approximate surface area is 177 Å². The van der Waals surface area contributed by atoms with Crippen LogP contribution in [0, 0.1) is 6.92 Å². The van der Waals surface area contributed by atoms with E-state index in [-0.39, 0.29) is 37.4 Å². The Hall–Kier alpha value is -2.61. The van der Waals surface area contributed by atoms with Gasteiger partial charge in [-0.2, -0.15) is 0 Å². The lowest BCUT2D eigenvalue weighted by molar-refractivity contribution is -0.123. The summed E-state index contributed by atoms with van der Waals surface area (Å²) < 4.78 is 10.4. The highest BCUT2D eigenvalue weighted by molar-refractivity contribution is 5.91. The first-order valence-electron chi connectivity index (χ1n) is 9.08. The van der Waals surface area contributed by atoms with Crippen LogP contribution in [0.5, 0.6) is 5.75 Å². The topological polar surface area (TPSA) is 103 Å². The molecule has 8 heteroatoms. The lowest BCUT2D eigenvalue weighted by Crippen LogP contribution is -2.44. The highest BCUT2D eigenvalue weighted by atomic mass is 35.5. The van der Waals surface area contributed by atoms with Gasteiger partial charge in [0.05, 0.1) is 6.61 Å². The van der Waals surface area contributed by atoms with Crippen molar-refractivity contribution in [2.75, 3.05) is 32.2 Å². The highest BCUT2D eigenvalue weighted by Gasteiger charge is 2.11. The number of hydrogen-bond donors (Lipinski definition) is 3. The summed E-state index contributed by atoms with van der Waals surface area (Å²) in [6, 6.07) is 14.3. The van der Waals surface area contributed by atoms with Gasteiger partial charge in [0.1, 0.15) is 11.8 Å². The molecule has 2 amide bonds. The van der Waals surface area contributed by atoms with E-state index < -0.39 is 6.04 Å². The Kier molecular flexibility index (Phi) is 10.8. The van der Waals surface area contributed by atoms with Gasteiger partial charge in [-0.1, -0.05) is 29.8 Å². The van der Waals surface area contributed by atoms with E-state index >= 15 is 0 Å². The minimum Gasteiger partial charge on any atom is -0.484 e. The summed E-state index contributed by atoms with van der Waals surface area (Å²) in [4.78, 5) is 23.6. The Morgan fingerprint density at radius 1 is 1.07 bits per heavy atom. The lowest BCUT2D eigenvalue weighted by Gasteiger charge is -2.11. The molecule has 0 saturated carbocycles. The molecule has 0 heterocycles. The molecule has 0 aliphatic rings. The number of aryl methyl sites for hydroxylation is 1. The molecule has 0 aliphatic heterocycles. The molecule has 29 heavy (non-hydrogen) atoms. The monoisotopic (exact) mass is 421 g/mol. The van der Waals surface area contributed by atoms with E-state index in [0.29, 0.717) is 18.7 Å². The molecule has 0 fully saturated rings. The number of benzene rings is 2. The van der Waals surface area contributed by atoms with Crippen LogP contribution in [0.25, 0.3) is 0 Å². The third-order valence-corrected chi connectivity index (χ3v) is 4.02. The number of methoxy groups -OCH3 is 1. The van der Waals surface area contributed by atoms with Crippen molar-refractivity contribution < 1.29 is 19.1 Å². The molecular weight excluding hydrogens is 394 g/mol. The number of rotatable bonds is 10. The fourth-order valence-corrected chi connectivity index (χ4v) is 2.45. The normalized spacial score (nSPS) is 11.1. The van der Waals surface area contributed by atoms with Crippen LogP contribution in [0.15, 0.2) is 48.5 Å². The van der Waals surface area contributed by atoms with Crippen LogP contribution in [0.3, 0.4) is 0 Å². The van der Waals surface area contributed by atoms with Crippen molar-refractivity contribution in [2.24, 2.45) is 5.73 Å². The number of halogens is 1. The molecule has 7 nitrogen and oxygen atoms in total. The van der Waals surface area contributed by atoms with Gasteiger partial charge in [-0.3, -0.25) is 9.59 Å². The Morgan fingerprint density at radius 2 is 1.72 bits per heavy atom. The molecule has 0 aliphatic carbocycles. The average Bonchev–Trinajstić information content (AvgIpc) is 2.69. The molecule has 158 valence electrons. The first kappa shape index (κ1) is 24.4. The number of amides is 2. The number of ether oxygens (including phenoxy) is 2. The SMILES string of the molecule is COCC(N)C(=O)NCCc1ccc(OCC(=O)Nc2ccc(C)cc2)cc1.Cl. The van der Waals surface area contributed by atoms with Crippen LogP contribution < -0.4 is 21.1 Å². The van der Waals surface area contributed by atoms with Crippen LogP contribution >= 0.6 is 12.4 Å². The standard InChI is InChI=1S/C21H27N3O4.ClH/c1-15-3-7-17(8-4-15)24-20(25)14-28-18-9-5-16(6-10-18)11-12-23-21(26)19(22)13-27-2;/h3-10,19H,11-14,22H2,1-2H3,(H,23,26)(H,24,25);1H. The van der Waals surface area contributed by atoms with Gasteiger partial charge in [0.15, 0.2) is 6.61 Å². The lowest BCUT2D eigenvalue weighted by atomic mass is 10.1. The Balaban J connectivity index is 0.00000420. The first-order chi connectivity index (χ1) is 13.5. The van der Waals surface area contributed by atoms with Gasteiger partial charge < -0.3 is 25.8 Å². The van der Waals surface area contributed by atoms with Crippen molar-refractivity contribution in [3.05, 3.63) is 59.7 Å². The largest absolute Gasteiger partial charge is 0.484 e. The van der Waals surface area contributed by atoms with E-state index in [9.17, 15) is 9.59 Å². The van der Waals surface area contributed by atoms with Gasteiger partial charge in [0.25, 0.3) is 5.91 Å². The molecule has 4 N–H and O–H groups in total. The number of carbonyl (C=O) groups excluding carboxylic acids is 2. The summed E-state index contributed by atoms with van der Waals surface area (Å²) in [7, 11) is 1.50. The van der Waals surface area contributed by atoms with Crippen LogP contribution in [-0.4, -0.2) is 44.7 Å². The summed E-state index contributed by atoms with van der Waals surface area (Å²) in [5, 5.41) is 5.55. The first-order valence-corrected chi connectivity index (χ1v) is 9.08. The van der Waals surface area contributed by atoms with Gasteiger partial charge in [0, 0.05) is 19.3 Å². The summed E-state index contributed by atoms with van der Waals surface area (Å²) in [6.07, 6.45) is 0.666. The summed E-state index contributed by atoms with van der Waals surface area (Å²) in [5.74, 6) is 0.151. The second-order valence-electron chi connectivity index (χ2n) is 6.45. The van der Waals surface area contributed by atoms with E-state index in [1.807, 2.05) is 43.3 Å². The predicted molar refractivity (Wildman–Crippen MR) is 116 cm³/mol. The number of nitrogens with one attached hydrogen (secondary N) is 2. The zero-order valence-corrected chi connectivity index (χ0v) is 17.5. The quantitative estimate of drug-likeness (QED) is 0.545. The molecule has 0 radical (unpaired) electrons. The zero-order valence-electron chi connectivity index (χ0n) is 16.6. The van der Waals surface area contributed by atoms with Crippen molar-refractivity contribution in [2.45, 2.75) is 19.4 Å². The molecule has 0 aromatic heterocycles. The third kappa shape index (κ3) is 8.95. The number of anilines is 1. The van der Waals surface area contributed by atoms with Gasteiger partial charge >= 0.3 is 0 Å². The maximum absolute atomic E-state index is 11.9. The molecule has 1 atom stereocenters. The van der Waals surface area contributed by atoms with Gasteiger partial charge in [-0.25, -0.2) is 0 Å². The molecule has 2 rings (SSSR count). The van der Waals surface area contributed by atoms with Crippen LogP contribution in [0.2, 0.25) is 0 Å².